The van der Waals surface area contributed by atoms with E-state index in [0.717, 1.165) is 18.4 Å². The van der Waals surface area contributed by atoms with E-state index in [1.54, 1.807) is 4.90 Å². The SMILES string of the molecule is COc1cc([N+](=O)[O-])ccc1NC(=O)N1CCCC1c1ccc(C)cc1. The van der Waals surface area contributed by atoms with Crippen molar-refractivity contribution < 1.29 is 14.5 Å². The van der Waals surface area contributed by atoms with Gasteiger partial charge in [0.05, 0.1) is 29.8 Å². The van der Waals surface area contributed by atoms with Gasteiger partial charge in [-0.25, -0.2) is 4.79 Å². The van der Waals surface area contributed by atoms with Crippen LogP contribution in [0.3, 0.4) is 0 Å². The highest BCUT2D eigenvalue weighted by molar-refractivity contribution is 5.91. The van der Waals surface area contributed by atoms with E-state index in [2.05, 4.69) is 17.4 Å². The van der Waals surface area contributed by atoms with Gasteiger partial charge in [0.15, 0.2) is 0 Å². The third kappa shape index (κ3) is 3.61. The van der Waals surface area contributed by atoms with Crippen molar-refractivity contribution in [3.63, 3.8) is 0 Å². The average Bonchev–Trinajstić information content (AvgIpc) is 3.12. The minimum absolute atomic E-state index is 0.0274. The molecule has 0 bridgehead atoms. The van der Waals surface area contributed by atoms with E-state index in [-0.39, 0.29) is 23.5 Å². The normalized spacial score (nSPS) is 16.4. The lowest BCUT2D eigenvalue weighted by atomic mass is 10.0. The van der Waals surface area contributed by atoms with Crippen LogP contribution < -0.4 is 10.1 Å². The van der Waals surface area contributed by atoms with Crippen molar-refractivity contribution in [3.8, 4) is 5.75 Å². The molecule has 1 fully saturated rings. The third-order valence-corrected chi connectivity index (χ3v) is 4.61. The van der Waals surface area contributed by atoms with Crippen molar-refractivity contribution in [1.82, 2.24) is 4.90 Å². The van der Waals surface area contributed by atoms with Crippen LogP contribution in [0, 0.1) is 17.0 Å². The van der Waals surface area contributed by atoms with Crippen LogP contribution in [-0.2, 0) is 0 Å². The first kappa shape index (κ1) is 17.7. The number of nitro benzene ring substituents is 1. The highest BCUT2D eigenvalue weighted by Gasteiger charge is 2.30. The zero-order valence-corrected chi connectivity index (χ0v) is 14.8. The van der Waals surface area contributed by atoms with E-state index < -0.39 is 4.92 Å². The summed E-state index contributed by atoms with van der Waals surface area (Å²) in [6.45, 7) is 2.70. The second-order valence-corrected chi connectivity index (χ2v) is 6.33. The summed E-state index contributed by atoms with van der Waals surface area (Å²) >= 11 is 0. The van der Waals surface area contributed by atoms with Crippen molar-refractivity contribution in [2.24, 2.45) is 0 Å². The maximum atomic E-state index is 12.8. The van der Waals surface area contributed by atoms with Gasteiger partial charge < -0.3 is 15.0 Å². The van der Waals surface area contributed by atoms with Crippen LogP contribution in [-0.4, -0.2) is 29.5 Å². The molecule has 26 heavy (non-hydrogen) atoms. The molecule has 0 radical (unpaired) electrons. The van der Waals surface area contributed by atoms with E-state index in [4.69, 9.17) is 4.74 Å². The summed E-state index contributed by atoms with van der Waals surface area (Å²) in [4.78, 5) is 25.0. The lowest BCUT2D eigenvalue weighted by Gasteiger charge is -2.26. The van der Waals surface area contributed by atoms with E-state index in [9.17, 15) is 14.9 Å². The van der Waals surface area contributed by atoms with Gasteiger partial charge in [0.1, 0.15) is 5.75 Å². The Hall–Kier alpha value is -3.09. The third-order valence-electron chi connectivity index (χ3n) is 4.61. The largest absolute Gasteiger partial charge is 0.494 e. The molecular formula is C19H21N3O4. The van der Waals surface area contributed by atoms with E-state index in [1.807, 2.05) is 19.1 Å². The van der Waals surface area contributed by atoms with Gasteiger partial charge >= 0.3 is 6.03 Å². The molecule has 1 aliphatic heterocycles. The van der Waals surface area contributed by atoms with Gasteiger partial charge in [-0.15, -0.1) is 0 Å². The fourth-order valence-electron chi connectivity index (χ4n) is 3.23. The highest BCUT2D eigenvalue weighted by Crippen LogP contribution is 2.34. The molecular weight excluding hydrogens is 334 g/mol. The number of amides is 2. The number of hydrogen-bond donors (Lipinski definition) is 1. The molecule has 1 N–H and O–H groups in total. The first-order valence-corrected chi connectivity index (χ1v) is 8.46. The van der Waals surface area contributed by atoms with Gasteiger partial charge in [-0.1, -0.05) is 29.8 Å². The molecule has 7 nitrogen and oxygen atoms in total. The van der Waals surface area contributed by atoms with Gasteiger partial charge in [0.25, 0.3) is 5.69 Å². The molecule has 7 heteroatoms. The summed E-state index contributed by atoms with van der Waals surface area (Å²) in [5, 5.41) is 13.7. The Bertz CT molecular complexity index is 820. The Balaban J connectivity index is 1.78. The molecule has 2 aromatic carbocycles. The summed E-state index contributed by atoms with van der Waals surface area (Å²) in [6, 6.07) is 12.1. The summed E-state index contributed by atoms with van der Waals surface area (Å²) in [5.41, 5.74) is 2.62. The summed E-state index contributed by atoms with van der Waals surface area (Å²) in [6.07, 6.45) is 1.84. The Morgan fingerprint density at radius 2 is 2.00 bits per heavy atom. The van der Waals surface area contributed by atoms with Gasteiger partial charge in [0, 0.05) is 12.6 Å². The topological polar surface area (TPSA) is 84.7 Å². The lowest BCUT2D eigenvalue weighted by Crippen LogP contribution is -2.34. The number of anilines is 1. The number of carbonyl (C=O) groups excluding carboxylic acids is 1. The predicted octanol–water partition coefficient (Wildman–Crippen LogP) is 4.28. The molecule has 2 aromatic rings. The fraction of sp³-hybridized carbons (Fsp3) is 0.316. The number of rotatable bonds is 4. The number of ether oxygens (including phenoxy) is 1. The molecule has 1 unspecified atom stereocenters. The first-order chi connectivity index (χ1) is 12.5. The Morgan fingerprint density at radius 3 is 2.65 bits per heavy atom. The monoisotopic (exact) mass is 355 g/mol. The quantitative estimate of drug-likeness (QED) is 0.655. The Kier molecular flexibility index (Phi) is 5.06. The molecule has 0 spiro atoms. The summed E-state index contributed by atoms with van der Waals surface area (Å²) in [5.74, 6) is 0.263. The number of methoxy groups -OCH3 is 1. The van der Waals surface area contributed by atoms with Crippen molar-refractivity contribution in [3.05, 3.63) is 63.7 Å². The fourth-order valence-corrected chi connectivity index (χ4v) is 3.23. The van der Waals surface area contributed by atoms with Crippen molar-refractivity contribution >= 4 is 17.4 Å². The maximum Gasteiger partial charge on any atom is 0.322 e. The first-order valence-electron chi connectivity index (χ1n) is 8.46. The van der Waals surface area contributed by atoms with E-state index in [1.165, 1.54) is 30.9 Å². The second kappa shape index (κ2) is 7.43. The van der Waals surface area contributed by atoms with Crippen LogP contribution in [0.25, 0.3) is 0 Å². The summed E-state index contributed by atoms with van der Waals surface area (Å²) in [7, 11) is 1.42. The van der Waals surface area contributed by atoms with Gasteiger partial charge in [0.2, 0.25) is 0 Å². The van der Waals surface area contributed by atoms with Crippen LogP contribution in [0.5, 0.6) is 5.75 Å². The number of benzene rings is 2. The van der Waals surface area contributed by atoms with Crippen molar-refractivity contribution in [1.29, 1.82) is 0 Å². The van der Waals surface area contributed by atoms with Crippen molar-refractivity contribution in [2.75, 3.05) is 19.0 Å². The van der Waals surface area contributed by atoms with Crippen LogP contribution in [0.1, 0.15) is 30.0 Å². The van der Waals surface area contributed by atoms with E-state index >= 15 is 0 Å². The predicted molar refractivity (Wildman–Crippen MR) is 98.5 cm³/mol. The van der Waals surface area contributed by atoms with E-state index in [0.29, 0.717) is 12.2 Å². The molecule has 136 valence electrons. The van der Waals surface area contributed by atoms with Crippen LogP contribution in [0.4, 0.5) is 16.2 Å². The number of nitrogens with zero attached hydrogens (tertiary/aromatic N) is 2. The highest BCUT2D eigenvalue weighted by atomic mass is 16.6. The number of non-ortho nitro benzene ring substituents is 1. The van der Waals surface area contributed by atoms with Gasteiger partial charge in [-0.05, 0) is 31.4 Å². The lowest BCUT2D eigenvalue weighted by molar-refractivity contribution is -0.384. The van der Waals surface area contributed by atoms with Crippen molar-refractivity contribution in [2.45, 2.75) is 25.8 Å². The number of likely N-dealkylation sites (tertiary alicyclic amines) is 1. The number of aryl methyl sites for hydroxylation is 1. The molecule has 0 saturated carbocycles. The molecule has 0 aliphatic carbocycles. The second-order valence-electron chi connectivity index (χ2n) is 6.33. The molecule has 1 heterocycles. The number of urea groups is 1. The number of nitrogens with one attached hydrogen (secondary N) is 1. The molecule has 0 aromatic heterocycles. The average molecular weight is 355 g/mol. The zero-order chi connectivity index (χ0) is 18.7. The zero-order valence-electron chi connectivity index (χ0n) is 14.8. The molecule has 1 saturated heterocycles. The molecule has 2 amide bonds. The minimum Gasteiger partial charge on any atom is -0.494 e. The molecule has 1 atom stereocenters. The van der Waals surface area contributed by atoms with Crippen LogP contribution in [0.15, 0.2) is 42.5 Å². The number of hydrogen-bond acceptors (Lipinski definition) is 4. The smallest absolute Gasteiger partial charge is 0.322 e. The molecule has 3 rings (SSSR count). The summed E-state index contributed by atoms with van der Waals surface area (Å²) < 4.78 is 5.19. The van der Waals surface area contributed by atoms with Crippen LogP contribution in [0.2, 0.25) is 0 Å². The number of carbonyl (C=O) groups is 1. The molecule has 1 aliphatic rings. The Morgan fingerprint density at radius 1 is 1.27 bits per heavy atom. The minimum atomic E-state index is -0.498. The van der Waals surface area contributed by atoms with Gasteiger partial charge in [-0.2, -0.15) is 0 Å². The maximum absolute atomic E-state index is 12.8. The van der Waals surface area contributed by atoms with Gasteiger partial charge in [-0.3, -0.25) is 10.1 Å². The number of nitro groups is 1. The Labute approximate surface area is 151 Å². The van der Waals surface area contributed by atoms with Crippen LogP contribution >= 0.6 is 0 Å². The standard InChI is InChI=1S/C19H21N3O4/c1-13-5-7-14(8-6-13)17-4-3-11-21(17)19(23)20-16-10-9-15(22(24)25)12-18(16)26-2/h5-10,12,17H,3-4,11H2,1-2H3,(H,20,23).